The van der Waals surface area contributed by atoms with E-state index in [0.29, 0.717) is 11.7 Å². The highest BCUT2D eigenvalue weighted by atomic mass is 32.1. The summed E-state index contributed by atoms with van der Waals surface area (Å²) in [5, 5.41) is 5.45. The number of hydrogen-bond donors (Lipinski definition) is 2. The minimum atomic E-state index is -0.0979. The number of nitrogens with one attached hydrogen (secondary N) is 1. The standard InChI is InChI=1S/C23H30N4O2S/c1-27(2)12-13-29-20-5-3-4-18(14-20)15-22(28)26-23-25-21(16-30-23)19(10-11-24)9-8-17-6-7-17/h3-5,9-11,14,16-17H,6-8,12-13,15,24H2,1-2H3,(H,25,26,28)/b11-10-,19-9+. The third-order valence-electron chi connectivity index (χ3n) is 4.76. The maximum absolute atomic E-state index is 12.5. The summed E-state index contributed by atoms with van der Waals surface area (Å²) in [7, 11) is 4.01. The maximum Gasteiger partial charge on any atom is 0.230 e. The monoisotopic (exact) mass is 426 g/mol. The summed E-state index contributed by atoms with van der Waals surface area (Å²) in [5.41, 5.74) is 8.34. The number of nitrogens with two attached hydrogens (primary N) is 1. The number of allylic oxidation sites excluding steroid dienone is 3. The van der Waals surface area contributed by atoms with Gasteiger partial charge in [-0.3, -0.25) is 4.79 Å². The fourth-order valence-corrected chi connectivity index (χ4v) is 3.65. The van der Waals surface area contributed by atoms with Crippen LogP contribution < -0.4 is 15.8 Å². The average molecular weight is 427 g/mol. The predicted molar refractivity (Wildman–Crippen MR) is 124 cm³/mol. The molecule has 1 fully saturated rings. The van der Waals surface area contributed by atoms with Crippen LogP contribution in [0.2, 0.25) is 0 Å². The van der Waals surface area contributed by atoms with E-state index in [0.717, 1.165) is 41.5 Å². The van der Waals surface area contributed by atoms with Crippen molar-refractivity contribution in [2.45, 2.75) is 25.7 Å². The van der Waals surface area contributed by atoms with Crippen molar-refractivity contribution < 1.29 is 9.53 Å². The Morgan fingerprint density at radius 1 is 1.40 bits per heavy atom. The molecular weight excluding hydrogens is 396 g/mol. The lowest BCUT2D eigenvalue weighted by Crippen LogP contribution is -2.19. The molecule has 6 nitrogen and oxygen atoms in total. The molecule has 0 radical (unpaired) electrons. The Bertz CT molecular complexity index is 900. The molecule has 0 unspecified atom stereocenters. The third-order valence-corrected chi connectivity index (χ3v) is 5.52. The molecule has 1 saturated carbocycles. The molecule has 160 valence electrons. The summed E-state index contributed by atoms with van der Waals surface area (Å²) in [5.74, 6) is 1.48. The number of amides is 1. The number of benzene rings is 1. The molecule has 0 aliphatic heterocycles. The van der Waals surface area contributed by atoms with Crippen LogP contribution in [0.5, 0.6) is 5.75 Å². The van der Waals surface area contributed by atoms with Crippen molar-refractivity contribution in [3.8, 4) is 5.75 Å². The largest absolute Gasteiger partial charge is 0.492 e. The van der Waals surface area contributed by atoms with E-state index in [1.165, 1.54) is 30.4 Å². The molecule has 30 heavy (non-hydrogen) atoms. The van der Waals surface area contributed by atoms with Crippen LogP contribution in [0.1, 0.15) is 30.5 Å². The second-order valence-corrected chi connectivity index (χ2v) is 8.62. The van der Waals surface area contributed by atoms with Gasteiger partial charge in [0, 0.05) is 11.9 Å². The molecule has 2 aromatic rings. The molecule has 1 aromatic heterocycles. The lowest BCUT2D eigenvalue weighted by Gasteiger charge is -2.11. The Hall–Kier alpha value is -2.64. The number of carbonyl (C=O) groups is 1. The number of anilines is 1. The van der Waals surface area contributed by atoms with E-state index in [1.807, 2.05) is 49.8 Å². The third kappa shape index (κ3) is 7.31. The van der Waals surface area contributed by atoms with Gasteiger partial charge in [0.1, 0.15) is 12.4 Å². The first kappa shape index (κ1) is 22.1. The summed E-state index contributed by atoms with van der Waals surface area (Å²) in [6.07, 6.45) is 9.50. The maximum atomic E-state index is 12.5. The van der Waals surface area contributed by atoms with Gasteiger partial charge in [-0.2, -0.15) is 0 Å². The first-order chi connectivity index (χ1) is 14.5. The van der Waals surface area contributed by atoms with Gasteiger partial charge in [-0.05, 0) is 74.8 Å². The molecule has 1 aliphatic rings. The zero-order valence-electron chi connectivity index (χ0n) is 17.6. The van der Waals surface area contributed by atoms with Gasteiger partial charge in [-0.15, -0.1) is 11.3 Å². The Kier molecular flexibility index (Phi) is 8.04. The zero-order valence-corrected chi connectivity index (χ0v) is 18.5. The minimum Gasteiger partial charge on any atom is -0.492 e. The fraction of sp³-hybridized carbons (Fsp3) is 0.391. The van der Waals surface area contributed by atoms with E-state index >= 15 is 0 Å². The number of aromatic nitrogens is 1. The number of nitrogens with zero attached hydrogens (tertiary/aromatic N) is 2. The number of carbonyl (C=O) groups excluding carboxylic acids is 1. The summed E-state index contributed by atoms with van der Waals surface area (Å²) in [6, 6.07) is 7.65. The van der Waals surface area contributed by atoms with Crippen LogP contribution in [-0.2, 0) is 11.2 Å². The molecule has 1 aliphatic carbocycles. The van der Waals surface area contributed by atoms with Crippen LogP contribution in [0.25, 0.3) is 5.57 Å². The van der Waals surface area contributed by atoms with Gasteiger partial charge in [0.15, 0.2) is 5.13 Å². The highest BCUT2D eigenvalue weighted by Gasteiger charge is 2.20. The van der Waals surface area contributed by atoms with Gasteiger partial charge in [0.25, 0.3) is 0 Å². The van der Waals surface area contributed by atoms with Crippen LogP contribution in [0, 0.1) is 5.92 Å². The fourth-order valence-electron chi connectivity index (χ4n) is 2.91. The molecule has 1 amide bonds. The Morgan fingerprint density at radius 3 is 2.97 bits per heavy atom. The predicted octanol–water partition coefficient (Wildman–Crippen LogP) is 3.92. The second-order valence-electron chi connectivity index (χ2n) is 7.76. The van der Waals surface area contributed by atoms with Gasteiger partial charge < -0.3 is 20.7 Å². The molecule has 0 bridgehead atoms. The van der Waals surface area contributed by atoms with Crippen LogP contribution in [0.15, 0.2) is 48.0 Å². The number of rotatable bonds is 11. The Balaban J connectivity index is 1.55. The molecule has 1 aromatic carbocycles. The molecule has 0 spiro atoms. The molecule has 0 saturated heterocycles. The topological polar surface area (TPSA) is 80.5 Å². The summed E-state index contributed by atoms with van der Waals surface area (Å²) in [6.45, 7) is 1.45. The van der Waals surface area contributed by atoms with Gasteiger partial charge in [0.05, 0.1) is 12.1 Å². The summed E-state index contributed by atoms with van der Waals surface area (Å²) in [4.78, 5) is 19.1. The van der Waals surface area contributed by atoms with E-state index in [2.05, 4.69) is 21.3 Å². The Labute approximate surface area is 182 Å². The van der Waals surface area contributed by atoms with Crippen molar-refractivity contribution in [1.82, 2.24) is 9.88 Å². The first-order valence-corrected chi connectivity index (χ1v) is 11.1. The quantitative estimate of drug-likeness (QED) is 0.532. The molecule has 3 rings (SSSR count). The lowest BCUT2D eigenvalue weighted by molar-refractivity contribution is -0.115. The van der Waals surface area contributed by atoms with E-state index in [1.54, 1.807) is 0 Å². The van der Waals surface area contributed by atoms with Crippen LogP contribution >= 0.6 is 11.3 Å². The van der Waals surface area contributed by atoms with Crippen molar-refractivity contribution >= 4 is 27.9 Å². The van der Waals surface area contributed by atoms with E-state index in [-0.39, 0.29) is 12.3 Å². The summed E-state index contributed by atoms with van der Waals surface area (Å²) >= 11 is 1.42. The van der Waals surface area contributed by atoms with Crippen molar-refractivity contribution in [3.63, 3.8) is 0 Å². The van der Waals surface area contributed by atoms with Crippen molar-refractivity contribution in [3.05, 3.63) is 59.3 Å². The molecule has 1 heterocycles. The number of thiazole rings is 1. The van der Waals surface area contributed by atoms with Crippen LogP contribution in [0.3, 0.4) is 0 Å². The van der Waals surface area contributed by atoms with Gasteiger partial charge in [0.2, 0.25) is 5.91 Å². The highest BCUT2D eigenvalue weighted by Crippen LogP contribution is 2.34. The average Bonchev–Trinajstić information content (AvgIpc) is 3.42. The van der Waals surface area contributed by atoms with E-state index < -0.39 is 0 Å². The normalized spacial score (nSPS) is 14.4. The Morgan fingerprint density at radius 2 is 2.23 bits per heavy atom. The second kappa shape index (κ2) is 10.9. The molecule has 7 heteroatoms. The van der Waals surface area contributed by atoms with Gasteiger partial charge in [-0.25, -0.2) is 4.98 Å². The van der Waals surface area contributed by atoms with Crippen molar-refractivity contribution in [2.24, 2.45) is 11.7 Å². The minimum absolute atomic E-state index is 0.0979. The SMILES string of the molecule is CN(C)CCOc1cccc(CC(=O)Nc2nc(C(/C=C\N)=C/CC3CC3)cs2)c1. The van der Waals surface area contributed by atoms with Gasteiger partial charge >= 0.3 is 0 Å². The van der Waals surface area contributed by atoms with Crippen LogP contribution in [-0.4, -0.2) is 43.0 Å². The number of ether oxygens (including phenoxy) is 1. The number of likely N-dealkylation sites (N-methyl/N-ethyl adjacent to an activating group) is 1. The van der Waals surface area contributed by atoms with Crippen LogP contribution in [0.4, 0.5) is 5.13 Å². The molecule has 0 atom stereocenters. The van der Waals surface area contributed by atoms with E-state index in [9.17, 15) is 4.79 Å². The van der Waals surface area contributed by atoms with Crippen molar-refractivity contribution in [2.75, 3.05) is 32.6 Å². The van der Waals surface area contributed by atoms with Gasteiger partial charge in [-0.1, -0.05) is 18.2 Å². The lowest BCUT2D eigenvalue weighted by atomic mass is 10.1. The van der Waals surface area contributed by atoms with E-state index in [4.69, 9.17) is 10.5 Å². The zero-order chi connectivity index (χ0) is 21.3. The molecular formula is C23H30N4O2S. The van der Waals surface area contributed by atoms with Crippen molar-refractivity contribution in [1.29, 1.82) is 0 Å². The number of hydrogen-bond acceptors (Lipinski definition) is 6. The summed E-state index contributed by atoms with van der Waals surface area (Å²) < 4.78 is 5.75. The first-order valence-electron chi connectivity index (χ1n) is 10.2. The molecule has 3 N–H and O–H groups in total. The highest BCUT2D eigenvalue weighted by molar-refractivity contribution is 7.14. The smallest absolute Gasteiger partial charge is 0.230 e.